The van der Waals surface area contributed by atoms with E-state index in [0.717, 1.165) is 6.42 Å². The average Bonchev–Trinajstić information content (AvgIpc) is 2.17. The quantitative estimate of drug-likeness (QED) is 0.789. The van der Waals surface area contributed by atoms with Crippen LogP contribution in [0.4, 0.5) is 0 Å². The standard InChI is InChI=1S/C12H15NO/c1-10-4-2-3-5-11(10)6-7-12(14)8-9-13/h2-5,12,14H,6-8H2,1H3. The third-order valence-electron chi connectivity index (χ3n) is 2.34. The molecule has 0 aliphatic heterocycles. The Morgan fingerprint density at radius 3 is 2.79 bits per heavy atom. The molecule has 1 unspecified atom stereocenters. The molecule has 1 aromatic carbocycles. The monoisotopic (exact) mass is 189 g/mol. The number of aliphatic hydroxyl groups excluding tert-OH is 1. The van der Waals surface area contributed by atoms with Crippen molar-refractivity contribution in [3.05, 3.63) is 35.4 Å². The Hall–Kier alpha value is -1.33. The fourth-order valence-corrected chi connectivity index (χ4v) is 1.42. The van der Waals surface area contributed by atoms with Crippen LogP contribution in [-0.2, 0) is 6.42 Å². The molecule has 0 saturated carbocycles. The second kappa shape index (κ2) is 5.41. The zero-order valence-electron chi connectivity index (χ0n) is 8.40. The number of aliphatic hydroxyl groups is 1. The molecule has 0 aliphatic rings. The van der Waals surface area contributed by atoms with Crippen LogP contribution in [0.25, 0.3) is 0 Å². The molecule has 0 heterocycles. The van der Waals surface area contributed by atoms with E-state index in [-0.39, 0.29) is 6.42 Å². The molecule has 14 heavy (non-hydrogen) atoms. The first-order valence-corrected chi connectivity index (χ1v) is 4.83. The smallest absolute Gasteiger partial charge is 0.0673 e. The van der Waals surface area contributed by atoms with Gasteiger partial charge in [0, 0.05) is 0 Å². The summed E-state index contributed by atoms with van der Waals surface area (Å²) in [6.07, 6.45) is 1.25. The summed E-state index contributed by atoms with van der Waals surface area (Å²) in [5.74, 6) is 0. The van der Waals surface area contributed by atoms with Crippen molar-refractivity contribution in [3.8, 4) is 6.07 Å². The van der Waals surface area contributed by atoms with E-state index in [1.807, 2.05) is 18.2 Å². The summed E-state index contributed by atoms with van der Waals surface area (Å²) in [5.41, 5.74) is 2.50. The van der Waals surface area contributed by atoms with Crippen molar-refractivity contribution < 1.29 is 5.11 Å². The maximum absolute atomic E-state index is 9.38. The highest BCUT2D eigenvalue weighted by Crippen LogP contribution is 2.11. The van der Waals surface area contributed by atoms with Crippen molar-refractivity contribution in [2.24, 2.45) is 0 Å². The topological polar surface area (TPSA) is 44.0 Å². The molecule has 0 fully saturated rings. The highest BCUT2D eigenvalue weighted by molar-refractivity contribution is 5.25. The minimum Gasteiger partial charge on any atom is -0.392 e. The maximum atomic E-state index is 9.38. The molecule has 0 aromatic heterocycles. The minimum atomic E-state index is -0.486. The zero-order valence-corrected chi connectivity index (χ0v) is 8.40. The summed E-state index contributed by atoms with van der Waals surface area (Å²) in [4.78, 5) is 0. The summed E-state index contributed by atoms with van der Waals surface area (Å²) in [7, 11) is 0. The number of nitrogens with zero attached hydrogens (tertiary/aromatic N) is 1. The van der Waals surface area contributed by atoms with E-state index < -0.39 is 6.10 Å². The van der Waals surface area contributed by atoms with Crippen LogP contribution < -0.4 is 0 Å². The van der Waals surface area contributed by atoms with Gasteiger partial charge in [-0.05, 0) is 30.9 Å². The summed E-state index contributed by atoms with van der Waals surface area (Å²) in [6, 6.07) is 10.1. The van der Waals surface area contributed by atoms with Gasteiger partial charge < -0.3 is 5.11 Å². The first-order chi connectivity index (χ1) is 6.74. The van der Waals surface area contributed by atoms with Crippen LogP contribution in [0.15, 0.2) is 24.3 Å². The minimum absolute atomic E-state index is 0.228. The lowest BCUT2D eigenvalue weighted by atomic mass is 10.0. The number of hydrogen-bond acceptors (Lipinski definition) is 2. The summed E-state index contributed by atoms with van der Waals surface area (Å²) < 4.78 is 0. The highest BCUT2D eigenvalue weighted by Gasteiger charge is 2.04. The largest absolute Gasteiger partial charge is 0.392 e. The van der Waals surface area contributed by atoms with E-state index in [2.05, 4.69) is 19.1 Å². The van der Waals surface area contributed by atoms with Crippen molar-refractivity contribution in [2.45, 2.75) is 32.3 Å². The highest BCUT2D eigenvalue weighted by atomic mass is 16.3. The second-order valence-corrected chi connectivity index (χ2v) is 3.48. The van der Waals surface area contributed by atoms with Crippen molar-refractivity contribution in [1.29, 1.82) is 5.26 Å². The molecule has 1 atom stereocenters. The van der Waals surface area contributed by atoms with Crippen molar-refractivity contribution in [2.75, 3.05) is 0 Å². The third kappa shape index (κ3) is 3.20. The summed E-state index contributed by atoms with van der Waals surface area (Å²) in [5, 5.41) is 17.8. The number of nitriles is 1. The Kier molecular flexibility index (Phi) is 4.15. The van der Waals surface area contributed by atoms with E-state index in [9.17, 15) is 5.11 Å². The van der Waals surface area contributed by atoms with Crippen molar-refractivity contribution >= 4 is 0 Å². The molecule has 0 amide bonds. The van der Waals surface area contributed by atoms with Gasteiger partial charge in [-0.25, -0.2) is 0 Å². The lowest BCUT2D eigenvalue weighted by molar-refractivity contribution is 0.170. The van der Waals surface area contributed by atoms with Gasteiger partial charge in [0.25, 0.3) is 0 Å². The second-order valence-electron chi connectivity index (χ2n) is 3.48. The van der Waals surface area contributed by atoms with Gasteiger partial charge in [0.15, 0.2) is 0 Å². The third-order valence-corrected chi connectivity index (χ3v) is 2.34. The molecular weight excluding hydrogens is 174 g/mol. The van der Waals surface area contributed by atoms with Gasteiger partial charge in [0.05, 0.1) is 18.6 Å². The predicted molar refractivity (Wildman–Crippen MR) is 55.7 cm³/mol. The van der Waals surface area contributed by atoms with E-state index in [1.54, 1.807) is 0 Å². The molecule has 1 aromatic rings. The fourth-order valence-electron chi connectivity index (χ4n) is 1.42. The van der Waals surface area contributed by atoms with E-state index in [4.69, 9.17) is 5.26 Å². The molecule has 0 aliphatic carbocycles. The Morgan fingerprint density at radius 2 is 2.14 bits per heavy atom. The molecule has 74 valence electrons. The zero-order chi connectivity index (χ0) is 10.4. The van der Waals surface area contributed by atoms with Crippen LogP contribution >= 0.6 is 0 Å². The molecular formula is C12H15NO. The van der Waals surface area contributed by atoms with Gasteiger partial charge in [0.2, 0.25) is 0 Å². The Balaban J connectivity index is 2.46. The van der Waals surface area contributed by atoms with Crippen LogP contribution in [0.2, 0.25) is 0 Å². The molecule has 0 saturated heterocycles. The lowest BCUT2D eigenvalue weighted by Crippen LogP contribution is -2.06. The molecule has 1 N–H and O–H groups in total. The SMILES string of the molecule is Cc1ccccc1CCC(O)CC#N. The molecule has 2 nitrogen and oxygen atoms in total. The Labute approximate surface area is 84.8 Å². The fraction of sp³-hybridized carbons (Fsp3) is 0.417. The average molecular weight is 189 g/mol. The van der Waals surface area contributed by atoms with E-state index in [0.29, 0.717) is 6.42 Å². The Morgan fingerprint density at radius 1 is 1.43 bits per heavy atom. The predicted octanol–water partition coefficient (Wildman–Crippen LogP) is 2.20. The molecule has 0 bridgehead atoms. The normalized spacial score (nSPS) is 12.1. The maximum Gasteiger partial charge on any atom is 0.0673 e. The summed E-state index contributed by atoms with van der Waals surface area (Å²) >= 11 is 0. The Bertz CT molecular complexity index is 327. The van der Waals surface area contributed by atoms with Crippen LogP contribution in [-0.4, -0.2) is 11.2 Å². The van der Waals surface area contributed by atoms with Gasteiger partial charge >= 0.3 is 0 Å². The molecule has 2 heteroatoms. The van der Waals surface area contributed by atoms with E-state index >= 15 is 0 Å². The van der Waals surface area contributed by atoms with Crippen LogP contribution in [0.5, 0.6) is 0 Å². The first-order valence-electron chi connectivity index (χ1n) is 4.83. The van der Waals surface area contributed by atoms with Crippen LogP contribution in [0, 0.1) is 18.3 Å². The van der Waals surface area contributed by atoms with Gasteiger partial charge in [-0.3, -0.25) is 0 Å². The van der Waals surface area contributed by atoms with Gasteiger partial charge in [-0.2, -0.15) is 5.26 Å². The van der Waals surface area contributed by atoms with Crippen molar-refractivity contribution in [1.82, 2.24) is 0 Å². The lowest BCUT2D eigenvalue weighted by Gasteiger charge is -2.08. The van der Waals surface area contributed by atoms with Gasteiger partial charge in [-0.15, -0.1) is 0 Å². The van der Waals surface area contributed by atoms with Gasteiger partial charge in [-0.1, -0.05) is 24.3 Å². The number of benzene rings is 1. The van der Waals surface area contributed by atoms with Crippen LogP contribution in [0.1, 0.15) is 24.0 Å². The summed E-state index contributed by atoms with van der Waals surface area (Å²) in [6.45, 7) is 2.06. The number of rotatable bonds is 4. The molecule has 1 rings (SSSR count). The van der Waals surface area contributed by atoms with Crippen molar-refractivity contribution in [3.63, 3.8) is 0 Å². The van der Waals surface area contributed by atoms with Gasteiger partial charge in [0.1, 0.15) is 0 Å². The number of aryl methyl sites for hydroxylation is 2. The van der Waals surface area contributed by atoms with E-state index in [1.165, 1.54) is 11.1 Å². The first kappa shape index (κ1) is 10.7. The number of hydrogen-bond donors (Lipinski definition) is 1. The molecule has 0 spiro atoms. The molecule has 0 radical (unpaired) electrons. The van der Waals surface area contributed by atoms with Crippen LogP contribution in [0.3, 0.4) is 0 Å².